The molecule has 2 N–H and O–H groups in total. The first-order valence-electron chi connectivity index (χ1n) is 11.5. The number of para-hydroxylation sites is 2. The summed E-state index contributed by atoms with van der Waals surface area (Å²) in [5.74, 6) is 1.00. The molecule has 0 saturated carbocycles. The smallest absolute Gasteiger partial charge is 0.289 e. The number of ether oxygens (including phenoxy) is 1. The predicted octanol–water partition coefficient (Wildman–Crippen LogP) is 5.88. The molecular formula is C29H22N4O2. The number of carbonyl (C=O) groups is 1. The van der Waals surface area contributed by atoms with Crippen LogP contribution in [0.15, 0.2) is 96.1 Å². The highest BCUT2D eigenvalue weighted by Gasteiger charge is 2.18. The third-order valence-corrected chi connectivity index (χ3v) is 6.24. The first-order chi connectivity index (χ1) is 17.3. The lowest BCUT2D eigenvalue weighted by Crippen LogP contribution is -2.18. The zero-order valence-electron chi connectivity index (χ0n) is 18.9. The molecular weight excluding hydrogens is 436 g/mol. The van der Waals surface area contributed by atoms with Crippen LogP contribution >= 0.6 is 0 Å². The molecule has 0 atom stereocenters. The van der Waals surface area contributed by atoms with Gasteiger partial charge in [0.1, 0.15) is 17.2 Å². The Balaban J connectivity index is 1.19. The number of carbonyl (C=O) groups excluding carboxylic acids is 1. The highest BCUT2D eigenvalue weighted by Crippen LogP contribution is 2.36. The molecule has 4 aromatic carbocycles. The van der Waals surface area contributed by atoms with Crippen LogP contribution in [0.5, 0.6) is 11.5 Å². The van der Waals surface area contributed by atoms with E-state index in [0.717, 1.165) is 35.4 Å². The summed E-state index contributed by atoms with van der Waals surface area (Å²) in [7, 11) is 0. The minimum Gasteiger partial charge on any atom is -0.457 e. The molecule has 0 spiro atoms. The first kappa shape index (κ1) is 20.9. The van der Waals surface area contributed by atoms with E-state index in [1.54, 1.807) is 12.3 Å². The standard InChI is InChI=1S/C29H22N4O2/c34-29(33-30-18-21-7-4-5-12-27(21)35-22-9-2-1-3-10-22)26-17-25(31-32-26)23-16-15-20-14-13-19-8-6-11-24(23)28(19)20/h1-12,15-18H,13-14H2,(H,31,32)(H,33,34). The van der Waals surface area contributed by atoms with Crippen molar-refractivity contribution in [1.29, 1.82) is 0 Å². The van der Waals surface area contributed by atoms with Gasteiger partial charge < -0.3 is 4.74 Å². The number of hydrazone groups is 1. The number of nitrogens with one attached hydrogen (secondary N) is 2. The second-order valence-electron chi connectivity index (χ2n) is 8.43. The maximum atomic E-state index is 12.7. The van der Waals surface area contributed by atoms with Gasteiger partial charge in [0.05, 0.1) is 11.9 Å². The molecule has 35 heavy (non-hydrogen) atoms. The average molecular weight is 459 g/mol. The summed E-state index contributed by atoms with van der Waals surface area (Å²) in [6.07, 6.45) is 3.71. The Bertz CT molecular complexity index is 1560. The molecule has 1 heterocycles. The highest BCUT2D eigenvalue weighted by molar-refractivity contribution is 6.02. The van der Waals surface area contributed by atoms with E-state index >= 15 is 0 Å². The van der Waals surface area contributed by atoms with E-state index in [-0.39, 0.29) is 5.91 Å². The van der Waals surface area contributed by atoms with Crippen LogP contribution in [0.3, 0.4) is 0 Å². The second kappa shape index (κ2) is 8.91. The van der Waals surface area contributed by atoms with Crippen LogP contribution in [-0.4, -0.2) is 22.3 Å². The lowest BCUT2D eigenvalue weighted by molar-refractivity contribution is 0.0950. The van der Waals surface area contributed by atoms with Crippen molar-refractivity contribution in [3.8, 4) is 22.8 Å². The lowest BCUT2D eigenvalue weighted by atomic mass is 9.98. The average Bonchev–Trinajstić information content (AvgIpc) is 3.55. The molecule has 0 radical (unpaired) electrons. The number of nitrogens with zero attached hydrogens (tertiary/aromatic N) is 2. The summed E-state index contributed by atoms with van der Waals surface area (Å²) in [5, 5.41) is 13.9. The quantitative estimate of drug-likeness (QED) is 0.246. The summed E-state index contributed by atoms with van der Waals surface area (Å²) in [5.41, 5.74) is 8.15. The van der Waals surface area contributed by atoms with Gasteiger partial charge in [0.15, 0.2) is 0 Å². The van der Waals surface area contributed by atoms with E-state index in [0.29, 0.717) is 11.4 Å². The number of amides is 1. The zero-order chi connectivity index (χ0) is 23.6. The monoisotopic (exact) mass is 458 g/mol. The van der Waals surface area contributed by atoms with Crippen LogP contribution in [-0.2, 0) is 12.8 Å². The van der Waals surface area contributed by atoms with Crippen molar-refractivity contribution in [2.24, 2.45) is 5.10 Å². The number of aryl methyl sites for hydroxylation is 2. The van der Waals surface area contributed by atoms with Gasteiger partial charge in [-0.05, 0) is 65.1 Å². The molecule has 6 heteroatoms. The molecule has 1 amide bonds. The molecule has 0 unspecified atom stereocenters. The van der Waals surface area contributed by atoms with E-state index < -0.39 is 0 Å². The van der Waals surface area contributed by atoms with E-state index in [4.69, 9.17) is 4.74 Å². The molecule has 0 bridgehead atoms. The summed E-state index contributed by atoms with van der Waals surface area (Å²) in [6, 6.07) is 29.4. The van der Waals surface area contributed by atoms with Crippen LogP contribution in [0.25, 0.3) is 22.0 Å². The van der Waals surface area contributed by atoms with E-state index in [2.05, 4.69) is 51.1 Å². The Morgan fingerprint density at radius 2 is 1.71 bits per heavy atom. The topological polar surface area (TPSA) is 79.4 Å². The molecule has 6 nitrogen and oxygen atoms in total. The Morgan fingerprint density at radius 1 is 0.914 bits per heavy atom. The van der Waals surface area contributed by atoms with Gasteiger partial charge in [-0.15, -0.1) is 0 Å². The van der Waals surface area contributed by atoms with Crippen LogP contribution in [0.2, 0.25) is 0 Å². The number of rotatable bonds is 6. The largest absolute Gasteiger partial charge is 0.457 e. The SMILES string of the molecule is O=C(NN=Cc1ccccc1Oc1ccccc1)c1cc(-c2ccc3c4c(cccc24)CC3)n[nH]1. The van der Waals surface area contributed by atoms with E-state index in [9.17, 15) is 4.79 Å². The fraction of sp³-hybridized carbons (Fsp3) is 0.0690. The molecule has 170 valence electrons. The van der Waals surface area contributed by atoms with Gasteiger partial charge in [0.2, 0.25) is 0 Å². The molecule has 1 aliphatic carbocycles. The first-order valence-corrected chi connectivity index (χ1v) is 11.5. The summed E-state index contributed by atoms with van der Waals surface area (Å²) >= 11 is 0. The molecule has 1 aromatic heterocycles. The number of aromatic nitrogens is 2. The number of hydrogen-bond donors (Lipinski definition) is 2. The molecule has 0 saturated heterocycles. The Morgan fingerprint density at radius 3 is 2.60 bits per heavy atom. The fourth-order valence-corrected chi connectivity index (χ4v) is 4.56. The van der Waals surface area contributed by atoms with Crippen molar-refractivity contribution in [1.82, 2.24) is 15.6 Å². The van der Waals surface area contributed by atoms with Crippen molar-refractivity contribution in [3.63, 3.8) is 0 Å². The van der Waals surface area contributed by atoms with Crippen molar-refractivity contribution < 1.29 is 9.53 Å². The van der Waals surface area contributed by atoms with Gasteiger partial charge in [-0.1, -0.05) is 60.7 Å². The Labute approximate surface area is 202 Å². The highest BCUT2D eigenvalue weighted by atomic mass is 16.5. The van der Waals surface area contributed by atoms with Gasteiger partial charge in [-0.3, -0.25) is 9.89 Å². The minimum atomic E-state index is -0.368. The van der Waals surface area contributed by atoms with Crippen LogP contribution in [0, 0.1) is 0 Å². The lowest BCUT2D eigenvalue weighted by Gasteiger charge is -2.08. The van der Waals surface area contributed by atoms with Crippen LogP contribution in [0.4, 0.5) is 0 Å². The molecule has 0 aliphatic heterocycles. The second-order valence-corrected chi connectivity index (χ2v) is 8.43. The maximum absolute atomic E-state index is 12.7. The number of benzene rings is 4. The van der Waals surface area contributed by atoms with Gasteiger partial charge in [0, 0.05) is 11.1 Å². The molecule has 0 fully saturated rings. The van der Waals surface area contributed by atoms with Crippen molar-refractivity contribution in [2.45, 2.75) is 12.8 Å². The molecule has 6 rings (SSSR count). The Kier molecular flexibility index (Phi) is 5.31. The van der Waals surface area contributed by atoms with Crippen molar-refractivity contribution >= 4 is 22.9 Å². The third kappa shape index (κ3) is 4.06. The normalized spacial score (nSPS) is 12.3. The summed E-state index contributed by atoms with van der Waals surface area (Å²) in [6.45, 7) is 0. The molecule has 1 aliphatic rings. The molecule has 5 aromatic rings. The van der Waals surface area contributed by atoms with Crippen LogP contribution in [0.1, 0.15) is 27.2 Å². The van der Waals surface area contributed by atoms with Crippen LogP contribution < -0.4 is 10.2 Å². The van der Waals surface area contributed by atoms with Gasteiger partial charge >= 0.3 is 0 Å². The summed E-state index contributed by atoms with van der Waals surface area (Å²) in [4.78, 5) is 12.7. The third-order valence-electron chi connectivity index (χ3n) is 6.24. The van der Waals surface area contributed by atoms with Gasteiger partial charge in [0.25, 0.3) is 5.91 Å². The predicted molar refractivity (Wildman–Crippen MR) is 137 cm³/mol. The van der Waals surface area contributed by atoms with E-state index in [1.807, 2.05) is 54.6 Å². The number of H-pyrrole nitrogens is 1. The van der Waals surface area contributed by atoms with Crippen molar-refractivity contribution in [3.05, 3.63) is 113 Å². The van der Waals surface area contributed by atoms with Crippen molar-refractivity contribution in [2.75, 3.05) is 0 Å². The van der Waals surface area contributed by atoms with Gasteiger partial charge in [-0.2, -0.15) is 10.2 Å². The fourth-order valence-electron chi connectivity index (χ4n) is 4.56. The summed E-state index contributed by atoms with van der Waals surface area (Å²) < 4.78 is 5.94. The zero-order valence-corrected chi connectivity index (χ0v) is 18.9. The maximum Gasteiger partial charge on any atom is 0.289 e. The van der Waals surface area contributed by atoms with Gasteiger partial charge in [-0.25, -0.2) is 5.43 Å². The minimum absolute atomic E-state index is 0.342. The van der Waals surface area contributed by atoms with E-state index in [1.165, 1.54) is 21.9 Å². The Hall–Kier alpha value is -4.71. The number of aromatic amines is 1. The number of hydrogen-bond acceptors (Lipinski definition) is 4.